The second-order valence-corrected chi connectivity index (χ2v) is 8.02. The quantitative estimate of drug-likeness (QED) is 0.609. The molecule has 0 amide bonds. The Morgan fingerprint density at radius 2 is 1.85 bits per heavy atom. The summed E-state index contributed by atoms with van der Waals surface area (Å²) in [5.41, 5.74) is -0.594. The molecule has 0 aliphatic heterocycles. The number of carbonyl (C=O) groups is 2. The molecule has 7 heteroatoms. The summed E-state index contributed by atoms with van der Waals surface area (Å²) >= 11 is 0. The number of hydrogen-bond acceptors (Lipinski definition) is 5. The summed E-state index contributed by atoms with van der Waals surface area (Å²) in [6.45, 7) is -0.326. The Balaban J connectivity index is 1.67. The van der Waals surface area contributed by atoms with Crippen molar-refractivity contribution < 1.29 is 27.3 Å². The number of carbonyl (C=O) groups excluding carboxylic acids is 2. The van der Waals surface area contributed by atoms with Crippen molar-refractivity contribution in [3.8, 4) is 0 Å². The second-order valence-electron chi connectivity index (χ2n) is 6.45. The van der Waals surface area contributed by atoms with Crippen LogP contribution < -0.4 is 0 Å². The van der Waals surface area contributed by atoms with Gasteiger partial charge in [-0.05, 0) is 38.0 Å². The van der Waals surface area contributed by atoms with Crippen LogP contribution in [0.3, 0.4) is 0 Å². The van der Waals surface area contributed by atoms with Gasteiger partial charge in [-0.3, -0.25) is 14.1 Å². The maximum atomic E-state index is 12.3. The van der Waals surface area contributed by atoms with Crippen molar-refractivity contribution in [3.63, 3.8) is 0 Å². The van der Waals surface area contributed by atoms with Crippen LogP contribution in [0, 0.1) is 23.2 Å². The van der Waals surface area contributed by atoms with Crippen LogP contribution in [0.25, 0.3) is 0 Å². The fraction of sp³-hybridized carbons (Fsp3) is 0.846. The van der Waals surface area contributed by atoms with Gasteiger partial charge in [0.05, 0.1) is 5.41 Å². The average molecular weight is 302 g/mol. The Labute approximate surface area is 117 Å². The predicted octanol–water partition coefficient (Wildman–Crippen LogP) is 0.813. The lowest BCUT2D eigenvalue weighted by Crippen LogP contribution is -2.55. The number of Topliss-reactive ketones (excluding diaryl/α,β-unsaturated/α-hetero) is 1. The van der Waals surface area contributed by atoms with Crippen molar-refractivity contribution in [1.29, 1.82) is 0 Å². The third-order valence-electron chi connectivity index (χ3n) is 5.00. The molecule has 0 saturated heterocycles. The van der Waals surface area contributed by atoms with Crippen molar-refractivity contribution in [2.75, 3.05) is 12.4 Å². The summed E-state index contributed by atoms with van der Waals surface area (Å²) < 4.78 is 34.9. The van der Waals surface area contributed by atoms with Crippen molar-refractivity contribution in [1.82, 2.24) is 0 Å². The molecule has 20 heavy (non-hydrogen) atoms. The van der Waals surface area contributed by atoms with E-state index in [4.69, 9.17) is 9.29 Å². The molecule has 4 saturated carbocycles. The maximum Gasteiger partial charge on any atom is 0.312 e. The van der Waals surface area contributed by atoms with E-state index in [2.05, 4.69) is 0 Å². The highest BCUT2D eigenvalue weighted by atomic mass is 32.2. The molecule has 4 bridgehead atoms. The van der Waals surface area contributed by atoms with Gasteiger partial charge in [-0.1, -0.05) is 0 Å². The van der Waals surface area contributed by atoms with Crippen LogP contribution in [0.15, 0.2) is 0 Å². The van der Waals surface area contributed by atoms with Crippen molar-refractivity contribution in [2.24, 2.45) is 23.2 Å². The minimum absolute atomic E-state index is 0.0182. The summed E-state index contributed by atoms with van der Waals surface area (Å²) in [4.78, 5) is 24.3. The van der Waals surface area contributed by atoms with Gasteiger partial charge in [0, 0.05) is 11.8 Å². The third-order valence-corrected chi connectivity index (χ3v) is 5.68. The van der Waals surface area contributed by atoms with Crippen LogP contribution in [0.2, 0.25) is 0 Å². The van der Waals surface area contributed by atoms with E-state index >= 15 is 0 Å². The van der Waals surface area contributed by atoms with E-state index in [1.165, 1.54) is 0 Å². The van der Waals surface area contributed by atoms with E-state index in [-0.39, 0.29) is 18.4 Å². The van der Waals surface area contributed by atoms with E-state index < -0.39 is 27.3 Å². The Morgan fingerprint density at radius 1 is 1.25 bits per heavy atom. The topological polar surface area (TPSA) is 97.7 Å². The third kappa shape index (κ3) is 2.37. The van der Waals surface area contributed by atoms with Gasteiger partial charge in [0.15, 0.2) is 0 Å². The highest BCUT2D eigenvalue weighted by Gasteiger charge is 2.58. The first kappa shape index (κ1) is 14.0. The Kier molecular flexibility index (Phi) is 3.17. The normalized spacial score (nSPS) is 39.0. The maximum absolute atomic E-state index is 12.3. The minimum Gasteiger partial charge on any atom is -0.464 e. The summed E-state index contributed by atoms with van der Waals surface area (Å²) in [6, 6.07) is 0. The highest BCUT2D eigenvalue weighted by molar-refractivity contribution is 7.85. The molecule has 6 nitrogen and oxygen atoms in total. The first-order chi connectivity index (χ1) is 9.29. The van der Waals surface area contributed by atoms with Gasteiger partial charge in [-0.15, -0.1) is 0 Å². The van der Waals surface area contributed by atoms with E-state index in [9.17, 15) is 18.0 Å². The molecular formula is C13H18O6S. The predicted molar refractivity (Wildman–Crippen MR) is 68.4 cm³/mol. The number of esters is 1. The molecule has 4 rings (SSSR count). The summed E-state index contributed by atoms with van der Waals surface area (Å²) in [5.74, 6) is -0.301. The minimum atomic E-state index is -4.12. The molecule has 4 aliphatic carbocycles. The van der Waals surface area contributed by atoms with Crippen molar-refractivity contribution in [3.05, 3.63) is 0 Å². The molecule has 0 radical (unpaired) electrons. The average Bonchev–Trinajstić information content (AvgIpc) is 2.33. The Hall–Kier alpha value is -0.950. The molecule has 4 aliphatic rings. The van der Waals surface area contributed by atoms with Gasteiger partial charge in [-0.2, -0.15) is 8.42 Å². The van der Waals surface area contributed by atoms with Crippen LogP contribution in [-0.2, 0) is 24.4 Å². The Morgan fingerprint density at radius 3 is 2.40 bits per heavy atom. The van der Waals surface area contributed by atoms with Gasteiger partial charge in [0.2, 0.25) is 0 Å². The zero-order chi connectivity index (χ0) is 14.5. The molecular weight excluding hydrogens is 284 g/mol. The van der Waals surface area contributed by atoms with Crippen LogP contribution in [0.4, 0.5) is 0 Å². The summed E-state index contributed by atoms with van der Waals surface area (Å²) in [6.07, 6.45) is 3.61. The summed E-state index contributed by atoms with van der Waals surface area (Å²) in [5, 5.41) is 0. The molecule has 0 aromatic carbocycles. The molecule has 4 fully saturated rings. The molecule has 0 aromatic rings. The first-order valence-electron chi connectivity index (χ1n) is 6.95. The largest absolute Gasteiger partial charge is 0.464 e. The van der Waals surface area contributed by atoms with Gasteiger partial charge < -0.3 is 4.74 Å². The van der Waals surface area contributed by atoms with Gasteiger partial charge in [0.1, 0.15) is 18.1 Å². The van der Waals surface area contributed by atoms with Crippen LogP contribution in [0.5, 0.6) is 0 Å². The van der Waals surface area contributed by atoms with Crippen molar-refractivity contribution in [2.45, 2.75) is 32.1 Å². The lowest BCUT2D eigenvalue weighted by Gasteiger charge is -2.53. The molecule has 1 N–H and O–H groups in total. The molecule has 0 aromatic heterocycles. The SMILES string of the molecule is O=C1C2CC3C[C@@H]1CC(C(=O)OCCS(=O)(=O)O)(C3)C2. The van der Waals surface area contributed by atoms with E-state index in [1.54, 1.807) is 0 Å². The standard InChI is InChI=1S/C13H18O6S/c14-11-9-3-8-4-10(11)7-13(5-8,6-9)12(15)19-1-2-20(16,17)18/h8-10H,1-7H2,(H,16,17,18)/t8?,9-,10?,13?/m1/s1. The number of ketones is 1. The molecule has 3 unspecified atom stereocenters. The molecule has 4 atom stereocenters. The number of rotatable bonds is 4. The molecule has 0 spiro atoms. The monoisotopic (exact) mass is 302 g/mol. The van der Waals surface area contributed by atoms with Gasteiger partial charge >= 0.3 is 5.97 Å². The fourth-order valence-corrected chi connectivity index (χ4v) is 4.68. The number of hydrogen-bond donors (Lipinski definition) is 1. The van der Waals surface area contributed by atoms with Crippen LogP contribution in [0.1, 0.15) is 32.1 Å². The highest BCUT2D eigenvalue weighted by Crippen LogP contribution is 2.58. The zero-order valence-corrected chi connectivity index (χ0v) is 11.9. The summed E-state index contributed by atoms with van der Waals surface area (Å²) in [7, 11) is -4.12. The van der Waals surface area contributed by atoms with E-state index in [0.717, 1.165) is 19.3 Å². The lowest BCUT2D eigenvalue weighted by molar-refractivity contribution is -0.174. The van der Waals surface area contributed by atoms with Gasteiger partial charge in [0.25, 0.3) is 10.1 Å². The second kappa shape index (κ2) is 4.53. The van der Waals surface area contributed by atoms with E-state index in [1.807, 2.05) is 0 Å². The van der Waals surface area contributed by atoms with Crippen LogP contribution in [-0.4, -0.2) is 37.1 Å². The molecule has 0 heterocycles. The first-order valence-corrected chi connectivity index (χ1v) is 8.56. The lowest BCUT2D eigenvalue weighted by atomic mass is 9.49. The zero-order valence-electron chi connectivity index (χ0n) is 11.1. The van der Waals surface area contributed by atoms with Crippen molar-refractivity contribution >= 4 is 21.9 Å². The Bertz CT molecular complexity index is 533. The van der Waals surface area contributed by atoms with Crippen LogP contribution >= 0.6 is 0 Å². The fourth-order valence-electron chi connectivity index (χ4n) is 4.39. The molecule has 112 valence electrons. The number of ether oxygens (including phenoxy) is 1. The van der Waals surface area contributed by atoms with Gasteiger partial charge in [-0.25, -0.2) is 0 Å². The smallest absolute Gasteiger partial charge is 0.312 e. The van der Waals surface area contributed by atoms with E-state index in [0.29, 0.717) is 24.5 Å².